The Balaban J connectivity index is 2.48. The molecule has 0 atom stereocenters. The molecule has 0 saturated carbocycles. The predicted molar refractivity (Wildman–Crippen MR) is 76.6 cm³/mol. The van der Waals surface area contributed by atoms with Crippen LogP contribution in [0, 0.1) is 5.92 Å². The van der Waals surface area contributed by atoms with Gasteiger partial charge < -0.3 is 16.8 Å². The first-order chi connectivity index (χ1) is 8.52. The van der Waals surface area contributed by atoms with Crippen molar-refractivity contribution >= 4 is 17.3 Å². The van der Waals surface area contributed by atoms with Crippen LogP contribution in [0.3, 0.4) is 0 Å². The molecule has 0 fully saturated rings. The lowest BCUT2D eigenvalue weighted by atomic mass is 10.1. The summed E-state index contributed by atoms with van der Waals surface area (Å²) in [6.45, 7) is 5.31. The maximum atomic E-state index is 11.1. The first kappa shape index (κ1) is 14.4. The van der Waals surface area contributed by atoms with Gasteiger partial charge in [-0.1, -0.05) is 32.8 Å². The minimum Gasteiger partial charge on any atom is -0.396 e. The maximum Gasteiger partial charge on any atom is 0.250 e. The van der Waals surface area contributed by atoms with Gasteiger partial charge in [-0.3, -0.25) is 4.79 Å². The third kappa shape index (κ3) is 4.28. The van der Waals surface area contributed by atoms with Crippen LogP contribution in [0.5, 0.6) is 0 Å². The van der Waals surface area contributed by atoms with E-state index >= 15 is 0 Å². The van der Waals surface area contributed by atoms with E-state index in [4.69, 9.17) is 11.5 Å². The van der Waals surface area contributed by atoms with Crippen LogP contribution in [0.4, 0.5) is 11.4 Å². The third-order valence-corrected chi connectivity index (χ3v) is 2.90. The van der Waals surface area contributed by atoms with Gasteiger partial charge in [-0.2, -0.15) is 0 Å². The first-order valence-electron chi connectivity index (χ1n) is 6.44. The molecule has 1 aromatic rings. The number of rotatable bonds is 7. The van der Waals surface area contributed by atoms with E-state index in [9.17, 15) is 4.79 Å². The Hall–Kier alpha value is -1.71. The summed E-state index contributed by atoms with van der Waals surface area (Å²) in [6.07, 6.45) is 3.52. The monoisotopic (exact) mass is 249 g/mol. The molecule has 0 saturated heterocycles. The number of nitrogens with two attached hydrogens (primary N) is 2. The van der Waals surface area contributed by atoms with Gasteiger partial charge in [0.25, 0.3) is 5.91 Å². The van der Waals surface area contributed by atoms with Gasteiger partial charge in [0.1, 0.15) is 0 Å². The van der Waals surface area contributed by atoms with Crippen LogP contribution in [0.15, 0.2) is 18.2 Å². The Morgan fingerprint density at radius 1 is 1.33 bits per heavy atom. The van der Waals surface area contributed by atoms with E-state index in [0.29, 0.717) is 11.3 Å². The highest BCUT2D eigenvalue weighted by atomic mass is 16.1. The molecule has 4 nitrogen and oxygen atoms in total. The fourth-order valence-corrected chi connectivity index (χ4v) is 1.83. The van der Waals surface area contributed by atoms with E-state index in [1.807, 2.05) is 6.07 Å². The minimum absolute atomic E-state index is 0.377. The number of amides is 1. The zero-order valence-corrected chi connectivity index (χ0v) is 11.2. The summed E-state index contributed by atoms with van der Waals surface area (Å²) in [7, 11) is 0. The van der Waals surface area contributed by atoms with Crippen LogP contribution >= 0.6 is 0 Å². The van der Waals surface area contributed by atoms with Gasteiger partial charge >= 0.3 is 0 Å². The summed E-state index contributed by atoms with van der Waals surface area (Å²) in [4.78, 5) is 11.1. The molecule has 18 heavy (non-hydrogen) atoms. The predicted octanol–water partition coefficient (Wildman–Crippen LogP) is 2.61. The number of anilines is 2. The summed E-state index contributed by atoms with van der Waals surface area (Å²) < 4.78 is 0. The molecule has 0 spiro atoms. The largest absolute Gasteiger partial charge is 0.396 e. The Bertz CT molecular complexity index is 402. The van der Waals surface area contributed by atoms with Gasteiger partial charge in [0.15, 0.2) is 0 Å². The summed E-state index contributed by atoms with van der Waals surface area (Å²) in [5.41, 5.74) is 12.7. The number of para-hydroxylation sites is 1. The molecule has 0 aromatic heterocycles. The molecular formula is C14H23N3O. The number of nitrogen functional groups attached to an aromatic ring is 1. The second kappa shape index (κ2) is 6.89. The van der Waals surface area contributed by atoms with Crippen molar-refractivity contribution in [2.24, 2.45) is 11.7 Å². The summed E-state index contributed by atoms with van der Waals surface area (Å²) in [5.74, 6) is 0.254. The summed E-state index contributed by atoms with van der Waals surface area (Å²) >= 11 is 0. The van der Waals surface area contributed by atoms with E-state index in [1.54, 1.807) is 12.1 Å². The smallest absolute Gasteiger partial charge is 0.250 e. The van der Waals surface area contributed by atoms with E-state index < -0.39 is 5.91 Å². The highest BCUT2D eigenvalue weighted by molar-refractivity contribution is 6.00. The topological polar surface area (TPSA) is 81.1 Å². The normalized spacial score (nSPS) is 10.6. The van der Waals surface area contributed by atoms with Crippen molar-refractivity contribution < 1.29 is 4.79 Å². The van der Waals surface area contributed by atoms with Crippen molar-refractivity contribution in [2.75, 3.05) is 17.6 Å². The van der Waals surface area contributed by atoms with Crippen LogP contribution in [-0.2, 0) is 0 Å². The number of primary amides is 1. The molecule has 0 aliphatic rings. The maximum absolute atomic E-state index is 11.1. The number of hydrogen-bond acceptors (Lipinski definition) is 3. The van der Waals surface area contributed by atoms with E-state index in [0.717, 1.165) is 24.6 Å². The fraction of sp³-hybridized carbons (Fsp3) is 0.500. The number of nitrogens with one attached hydrogen (secondary N) is 1. The SMILES string of the molecule is CC(C)CCCCNc1cccc(C(N)=O)c1N. The van der Waals surface area contributed by atoms with Crippen molar-refractivity contribution in [3.05, 3.63) is 23.8 Å². The van der Waals surface area contributed by atoms with Crippen molar-refractivity contribution in [3.63, 3.8) is 0 Å². The summed E-state index contributed by atoms with van der Waals surface area (Å²) in [6, 6.07) is 5.29. The van der Waals surface area contributed by atoms with E-state index in [-0.39, 0.29) is 0 Å². The van der Waals surface area contributed by atoms with Crippen molar-refractivity contribution in [1.29, 1.82) is 0 Å². The van der Waals surface area contributed by atoms with Crippen molar-refractivity contribution in [1.82, 2.24) is 0 Å². The standard InChI is InChI=1S/C14H23N3O/c1-10(2)6-3-4-9-17-12-8-5-7-11(13(12)15)14(16)18/h5,7-8,10,17H,3-4,6,9,15H2,1-2H3,(H2,16,18). The number of carbonyl (C=O) groups is 1. The molecule has 1 aromatic carbocycles. The van der Waals surface area contributed by atoms with Crippen LogP contribution in [0.25, 0.3) is 0 Å². The van der Waals surface area contributed by atoms with E-state index in [1.165, 1.54) is 12.8 Å². The molecule has 5 N–H and O–H groups in total. The zero-order chi connectivity index (χ0) is 13.5. The van der Waals surface area contributed by atoms with Gasteiger partial charge in [0.2, 0.25) is 0 Å². The second-order valence-electron chi connectivity index (χ2n) is 4.95. The van der Waals surface area contributed by atoms with E-state index in [2.05, 4.69) is 19.2 Å². The molecule has 0 unspecified atom stereocenters. The molecule has 0 bridgehead atoms. The molecular weight excluding hydrogens is 226 g/mol. The van der Waals surface area contributed by atoms with Crippen molar-refractivity contribution in [2.45, 2.75) is 33.1 Å². The van der Waals surface area contributed by atoms with Crippen LogP contribution < -0.4 is 16.8 Å². The lowest BCUT2D eigenvalue weighted by molar-refractivity contribution is 0.100. The van der Waals surface area contributed by atoms with Crippen LogP contribution in [-0.4, -0.2) is 12.5 Å². The Labute approximate surface area is 109 Å². The van der Waals surface area contributed by atoms with Crippen molar-refractivity contribution in [3.8, 4) is 0 Å². The Morgan fingerprint density at radius 2 is 2.06 bits per heavy atom. The number of hydrogen-bond donors (Lipinski definition) is 3. The fourth-order valence-electron chi connectivity index (χ4n) is 1.83. The third-order valence-electron chi connectivity index (χ3n) is 2.90. The average molecular weight is 249 g/mol. The van der Waals surface area contributed by atoms with Gasteiger partial charge in [-0.25, -0.2) is 0 Å². The lowest BCUT2D eigenvalue weighted by Gasteiger charge is -2.11. The lowest BCUT2D eigenvalue weighted by Crippen LogP contribution is -2.15. The Kier molecular flexibility index (Phi) is 5.49. The molecule has 0 heterocycles. The quantitative estimate of drug-likeness (QED) is 0.513. The van der Waals surface area contributed by atoms with Crippen LogP contribution in [0.1, 0.15) is 43.5 Å². The molecule has 0 radical (unpaired) electrons. The zero-order valence-electron chi connectivity index (χ0n) is 11.2. The molecule has 1 amide bonds. The highest BCUT2D eigenvalue weighted by Crippen LogP contribution is 2.22. The summed E-state index contributed by atoms with van der Waals surface area (Å²) in [5, 5.41) is 3.25. The van der Waals surface area contributed by atoms with Gasteiger partial charge in [-0.15, -0.1) is 0 Å². The Morgan fingerprint density at radius 3 is 2.67 bits per heavy atom. The average Bonchev–Trinajstić information content (AvgIpc) is 2.30. The molecule has 1 rings (SSSR count). The number of benzene rings is 1. The highest BCUT2D eigenvalue weighted by Gasteiger charge is 2.08. The first-order valence-corrected chi connectivity index (χ1v) is 6.44. The number of unbranched alkanes of at least 4 members (excludes halogenated alkanes) is 1. The molecule has 4 heteroatoms. The molecule has 100 valence electrons. The molecule has 0 aliphatic carbocycles. The number of carbonyl (C=O) groups excluding carboxylic acids is 1. The van der Waals surface area contributed by atoms with Gasteiger partial charge in [0, 0.05) is 6.54 Å². The molecule has 0 aliphatic heterocycles. The second-order valence-corrected chi connectivity index (χ2v) is 4.95. The van der Waals surface area contributed by atoms with Crippen LogP contribution in [0.2, 0.25) is 0 Å². The van der Waals surface area contributed by atoms with Gasteiger partial charge in [-0.05, 0) is 24.5 Å². The van der Waals surface area contributed by atoms with Gasteiger partial charge in [0.05, 0.1) is 16.9 Å². The minimum atomic E-state index is -0.490.